The van der Waals surface area contributed by atoms with Crippen LogP contribution in [-0.2, 0) is 9.53 Å². The van der Waals surface area contributed by atoms with Gasteiger partial charge in [-0.25, -0.2) is 4.79 Å². The number of ether oxygens (including phenoxy) is 1. The fourth-order valence-corrected chi connectivity index (χ4v) is 1.80. The normalized spacial score (nSPS) is 18.6. The highest BCUT2D eigenvalue weighted by Gasteiger charge is 2.32. The van der Waals surface area contributed by atoms with Gasteiger partial charge in [0.15, 0.2) is 0 Å². The minimum Gasteiger partial charge on any atom is -0.442 e. The summed E-state index contributed by atoms with van der Waals surface area (Å²) in [7, 11) is 0. The van der Waals surface area contributed by atoms with Gasteiger partial charge in [-0.05, 0) is 12.1 Å². The maximum absolute atomic E-state index is 11.7. The number of rotatable bonds is 4. The van der Waals surface area contributed by atoms with Gasteiger partial charge in [0.1, 0.15) is 6.10 Å². The fourth-order valence-electron chi connectivity index (χ4n) is 1.80. The van der Waals surface area contributed by atoms with Crippen LogP contribution in [0.1, 0.15) is 13.3 Å². The SMILES string of the molecule is CCC(=O)NC[C@H]1CN(c2ccccc2)C(=O)O1. The largest absolute Gasteiger partial charge is 0.442 e. The highest BCUT2D eigenvalue weighted by molar-refractivity contribution is 5.89. The summed E-state index contributed by atoms with van der Waals surface area (Å²) >= 11 is 0. The Morgan fingerprint density at radius 1 is 1.44 bits per heavy atom. The first kappa shape index (κ1) is 12.4. The number of hydrogen-bond donors (Lipinski definition) is 1. The molecule has 0 unspecified atom stereocenters. The Balaban J connectivity index is 1.93. The van der Waals surface area contributed by atoms with E-state index in [9.17, 15) is 9.59 Å². The lowest BCUT2D eigenvalue weighted by Gasteiger charge is -2.12. The number of carbonyl (C=O) groups excluding carboxylic acids is 2. The van der Waals surface area contributed by atoms with E-state index in [2.05, 4.69) is 5.32 Å². The molecule has 1 heterocycles. The van der Waals surface area contributed by atoms with Crippen LogP contribution in [0, 0.1) is 0 Å². The van der Waals surface area contributed by atoms with Gasteiger partial charge in [0, 0.05) is 12.1 Å². The molecule has 0 bridgehead atoms. The zero-order chi connectivity index (χ0) is 13.0. The van der Waals surface area contributed by atoms with Crippen molar-refractivity contribution in [1.29, 1.82) is 0 Å². The third kappa shape index (κ3) is 2.80. The molecular formula is C13H16N2O3. The predicted molar refractivity (Wildman–Crippen MR) is 67.4 cm³/mol. The minimum atomic E-state index is -0.364. The van der Waals surface area contributed by atoms with E-state index in [0.29, 0.717) is 19.5 Å². The van der Waals surface area contributed by atoms with Gasteiger partial charge in [-0.2, -0.15) is 0 Å². The van der Waals surface area contributed by atoms with Gasteiger partial charge >= 0.3 is 6.09 Å². The molecule has 2 amide bonds. The molecule has 1 aliphatic rings. The molecule has 96 valence electrons. The van der Waals surface area contributed by atoms with Crippen molar-refractivity contribution in [2.24, 2.45) is 0 Å². The summed E-state index contributed by atoms with van der Waals surface area (Å²) in [4.78, 5) is 24.4. The second-order valence-electron chi connectivity index (χ2n) is 4.11. The van der Waals surface area contributed by atoms with Crippen molar-refractivity contribution < 1.29 is 14.3 Å². The number of nitrogens with zero attached hydrogens (tertiary/aromatic N) is 1. The van der Waals surface area contributed by atoms with Gasteiger partial charge in [-0.3, -0.25) is 9.69 Å². The van der Waals surface area contributed by atoms with Crippen LogP contribution in [0.2, 0.25) is 0 Å². The first-order chi connectivity index (χ1) is 8.70. The van der Waals surface area contributed by atoms with E-state index < -0.39 is 0 Å². The molecule has 0 radical (unpaired) electrons. The van der Waals surface area contributed by atoms with Gasteiger partial charge in [-0.1, -0.05) is 25.1 Å². The molecule has 1 saturated heterocycles. The maximum Gasteiger partial charge on any atom is 0.414 e. The Hall–Kier alpha value is -2.04. The van der Waals surface area contributed by atoms with Crippen LogP contribution >= 0.6 is 0 Å². The van der Waals surface area contributed by atoms with Crippen molar-refractivity contribution in [3.63, 3.8) is 0 Å². The van der Waals surface area contributed by atoms with Crippen LogP contribution in [0.25, 0.3) is 0 Å². The van der Waals surface area contributed by atoms with Crippen molar-refractivity contribution >= 4 is 17.7 Å². The van der Waals surface area contributed by atoms with E-state index in [0.717, 1.165) is 5.69 Å². The molecule has 1 fully saturated rings. The Labute approximate surface area is 106 Å². The smallest absolute Gasteiger partial charge is 0.414 e. The van der Waals surface area contributed by atoms with E-state index in [4.69, 9.17) is 4.74 Å². The number of cyclic esters (lactones) is 1. The summed E-state index contributed by atoms with van der Waals surface area (Å²) in [5, 5.41) is 2.72. The van der Waals surface area contributed by atoms with E-state index in [1.54, 1.807) is 11.8 Å². The Kier molecular flexibility index (Phi) is 3.82. The molecule has 2 rings (SSSR count). The van der Waals surface area contributed by atoms with Crippen molar-refractivity contribution in [1.82, 2.24) is 5.32 Å². The monoisotopic (exact) mass is 248 g/mol. The summed E-state index contributed by atoms with van der Waals surface area (Å²) in [6.45, 7) is 2.61. The first-order valence-corrected chi connectivity index (χ1v) is 6.00. The van der Waals surface area contributed by atoms with Crippen molar-refractivity contribution in [3.05, 3.63) is 30.3 Å². The second-order valence-corrected chi connectivity index (χ2v) is 4.11. The van der Waals surface area contributed by atoms with Gasteiger partial charge < -0.3 is 10.1 Å². The van der Waals surface area contributed by atoms with Gasteiger partial charge in [0.05, 0.1) is 13.1 Å². The zero-order valence-electron chi connectivity index (χ0n) is 10.3. The maximum atomic E-state index is 11.7. The number of carbonyl (C=O) groups is 2. The number of para-hydroxylation sites is 1. The van der Waals surface area contributed by atoms with Crippen molar-refractivity contribution in [2.45, 2.75) is 19.4 Å². The van der Waals surface area contributed by atoms with Crippen LogP contribution in [0.5, 0.6) is 0 Å². The van der Waals surface area contributed by atoms with Crippen molar-refractivity contribution in [2.75, 3.05) is 18.0 Å². The summed E-state index contributed by atoms with van der Waals surface area (Å²) in [5.74, 6) is -0.0378. The quantitative estimate of drug-likeness (QED) is 0.879. The molecule has 1 N–H and O–H groups in total. The highest BCUT2D eigenvalue weighted by atomic mass is 16.6. The van der Waals surface area contributed by atoms with Crippen LogP contribution in [0.3, 0.4) is 0 Å². The van der Waals surface area contributed by atoms with E-state index in [1.165, 1.54) is 0 Å². The molecule has 1 aromatic carbocycles. The van der Waals surface area contributed by atoms with Crippen LogP contribution in [-0.4, -0.2) is 31.2 Å². The van der Waals surface area contributed by atoms with E-state index in [-0.39, 0.29) is 18.1 Å². The Morgan fingerprint density at radius 3 is 2.83 bits per heavy atom. The lowest BCUT2D eigenvalue weighted by molar-refractivity contribution is -0.121. The minimum absolute atomic E-state index is 0.0378. The molecule has 18 heavy (non-hydrogen) atoms. The molecule has 5 heteroatoms. The molecule has 0 saturated carbocycles. The van der Waals surface area contributed by atoms with Gasteiger partial charge in [0.25, 0.3) is 0 Å². The molecule has 0 aromatic heterocycles. The summed E-state index contributed by atoms with van der Waals surface area (Å²) in [5.41, 5.74) is 0.812. The number of benzene rings is 1. The van der Waals surface area contributed by atoms with E-state index >= 15 is 0 Å². The summed E-state index contributed by atoms with van der Waals surface area (Å²) < 4.78 is 5.20. The third-order valence-electron chi connectivity index (χ3n) is 2.79. The average molecular weight is 248 g/mol. The van der Waals surface area contributed by atoms with Crippen LogP contribution in [0.15, 0.2) is 30.3 Å². The second kappa shape index (κ2) is 5.53. The molecule has 0 aliphatic carbocycles. The number of anilines is 1. The van der Waals surface area contributed by atoms with Crippen molar-refractivity contribution in [3.8, 4) is 0 Å². The molecule has 1 aliphatic heterocycles. The average Bonchev–Trinajstić information content (AvgIpc) is 2.78. The predicted octanol–water partition coefficient (Wildman–Crippen LogP) is 1.54. The molecule has 1 atom stereocenters. The first-order valence-electron chi connectivity index (χ1n) is 6.00. The fraction of sp³-hybridized carbons (Fsp3) is 0.385. The van der Waals surface area contributed by atoms with Gasteiger partial charge in [0.2, 0.25) is 5.91 Å². The number of hydrogen-bond acceptors (Lipinski definition) is 3. The Bertz CT molecular complexity index is 433. The highest BCUT2D eigenvalue weighted by Crippen LogP contribution is 2.20. The van der Waals surface area contributed by atoms with Gasteiger partial charge in [-0.15, -0.1) is 0 Å². The lowest BCUT2D eigenvalue weighted by Crippen LogP contribution is -2.34. The third-order valence-corrected chi connectivity index (χ3v) is 2.79. The van der Waals surface area contributed by atoms with Crippen LogP contribution in [0.4, 0.5) is 10.5 Å². The Morgan fingerprint density at radius 2 is 2.17 bits per heavy atom. The summed E-state index contributed by atoms with van der Waals surface area (Å²) in [6.07, 6.45) is -0.214. The molecule has 5 nitrogen and oxygen atoms in total. The molecule has 1 aromatic rings. The number of nitrogens with one attached hydrogen (secondary N) is 1. The zero-order valence-corrected chi connectivity index (χ0v) is 10.3. The molecular weight excluding hydrogens is 232 g/mol. The standard InChI is InChI=1S/C13H16N2O3/c1-2-12(16)14-8-11-9-15(13(17)18-11)10-6-4-3-5-7-10/h3-7,11H,2,8-9H2,1H3,(H,14,16)/t11-/m0/s1. The van der Waals surface area contributed by atoms with E-state index in [1.807, 2.05) is 30.3 Å². The molecule has 0 spiro atoms. The summed E-state index contributed by atoms with van der Waals surface area (Å²) in [6, 6.07) is 9.34. The number of amides is 2. The van der Waals surface area contributed by atoms with Crippen LogP contribution < -0.4 is 10.2 Å². The topological polar surface area (TPSA) is 58.6 Å². The lowest BCUT2D eigenvalue weighted by atomic mass is 10.2.